The number of rotatable bonds is 3. The highest BCUT2D eigenvalue weighted by Crippen LogP contribution is 2.55. The summed E-state index contributed by atoms with van der Waals surface area (Å²) in [5, 5.41) is 0. The van der Waals surface area contributed by atoms with E-state index in [4.69, 9.17) is 0 Å². The van der Waals surface area contributed by atoms with Crippen molar-refractivity contribution < 1.29 is 9.59 Å². The van der Waals surface area contributed by atoms with E-state index in [2.05, 4.69) is 35.2 Å². The fourth-order valence-electron chi connectivity index (χ4n) is 5.65. The van der Waals surface area contributed by atoms with E-state index < -0.39 is 4.87 Å². The van der Waals surface area contributed by atoms with Crippen LogP contribution in [0.5, 0.6) is 0 Å². The predicted molar refractivity (Wildman–Crippen MR) is 137 cm³/mol. The standard InChI is InChI=1S/C28H27N3O2S/c1-19-13-20(2)15-23(14-19)31-26(32)17-34-28(31)24-9-5-6-10-25(24)30(27(28)33)18-29-12-11-21-7-3-4-8-22(21)16-29/h3-10,13-15H,11-12,16-18H2,1-2H3. The number of carbonyl (C=O) groups excluding carboxylic acids is 2. The molecule has 0 aromatic heterocycles. The first-order valence-electron chi connectivity index (χ1n) is 11.7. The first kappa shape index (κ1) is 21.4. The molecule has 5 nitrogen and oxygen atoms in total. The van der Waals surface area contributed by atoms with Crippen LogP contribution in [-0.2, 0) is 27.4 Å². The lowest BCUT2D eigenvalue weighted by Crippen LogP contribution is -2.52. The third-order valence-electron chi connectivity index (χ3n) is 7.08. The van der Waals surface area contributed by atoms with E-state index in [1.54, 1.807) is 4.90 Å². The maximum atomic E-state index is 14.3. The van der Waals surface area contributed by atoms with Gasteiger partial charge in [-0.3, -0.25) is 24.3 Å². The summed E-state index contributed by atoms with van der Waals surface area (Å²) in [4.78, 5) is 32.5. The molecule has 0 saturated carbocycles. The lowest BCUT2D eigenvalue weighted by atomic mass is 10.0. The van der Waals surface area contributed by atoms with Crippen LogP contribution in [0.1, 0.15) is 27.8 Å². The van der Waals surface area contributed by atoms with Gasteiger partial charge in [0.25, 0.3) is 5.91 Å². The van der Waals surface area contributed by atoms with Gasteiger partial charge in [0.05, 0.1) is 18.1 Å². The average Bonchev–Trinajstić information content (AvgIpc) is 3.29. The fraction of sp³-hybridized carbons (Fsp3) is 0.286. The molecule has 3 aromatic rings. The summed E-state index contributed by atoms with van der Waals surface area (Å²) in [5.41, 5.74) is 7.49. The molecule has 6 rings (SSSR count). The SMILES string of the molecule is Cc1cc(C)cc(N2C(=O)CSC23C(=O)N(CN2CCc4ccccc4C2)c2ccccc23)c1. The molecule has 6 heteroatoms. The number of aryl methyl sites for hydroxylation is 2. The number of hydrogen-bond donors (Lipinski definition) is 0. The summed E-state index contributed by atoms with van der Waals surface area (Å²) in [6, 6.07) is 22.6. The third-order valence-corrected chi connectivity index (χ3v) is 8.47. The molecule has 0 N–H and O–H groups in total. The third kappa shape index (κ3) is 3.20. The van der Waals surface area contributed by atoms with E-state index in [1.165, 1.54) is 22.9 Å². The molecular weight excluding hydrogens is 442 g/mol. The van der Waals surface area contributed by atoms with Crippen LogP contribution >= 0.6 is 11.8 Å². The largest absolute Gasteiger partial charge is 0.295 e. The van der Waals surface area contributed by atoms with Gasteiger partial charge in [0.2, 0.25) is 10.8 Å². The Morgan fingerprint density at radius 2 is 1.62 bits per heavy atom. The van der Waals surface area contributed by atoms with E-state index in [9.17, 15) is 9.59 Å². The van der Waals surface area contributed by atoms with Gasteiger partial charge in [-0.2, -0.15) is 0 Å². The highest BCUT2D eigenvalue weighted by atomic mass is 32.2. The van der Waals surface area contributed by atoms with E-state index in [-0.39, 0.29) is 17.6 Å². The van der Waals surface area contributed by atoms with Crippen LogP contribution in [0.4, 0.5) is 11.4 Å². The van der Waals surface area contributed by atoms with Crippen molar-refractivity contribution >= 4 is 35.0 Å². The van der Waals surface area contributed by atoms with Crippen molar-refractivity contribution in [2.45, 2.75) is 31.7 Å². The Hall–Kier alpha value is -3.09. The smallest absolute Gasteiger partial charge is 0.269 e. The lowest BCUT2D eigenvalue weighted by molar-refractivity contribution is -0.124. The highest BCUT2D eigenvalue weighted by Gasteiger charge is 2.61. The van der Waals surface area contributed by atoms with Crippen LogP contribution < -0.4 is 9.80 Å². The molecule has 172 valence electrons. The number of amides is 2. The molecule has 34 heavy (non-hydrogen) atoms. The van der Waals surface area contributed by atoms with Crippen LogP contribution in [0.2, 0.25) is 0 Å². The molecule has 3 heterocycles. The molecule has 2 amide bonds. The average molecular weight is 470 g/mol. The Labute approximate surface area is 204 Å². The van der Waals surface area contributed by atoms with Crippen molar-refractivity contribution in [3.8, 4) is 0 Å². The number of carbonyl (C=O) groups is 2. The minimum absolute atomic E-state index is 0.0214. The number of para-hydroxylation sites is 1. The topological polar surface area (TPSA) is 43.9 Å². The van der Waals surface area contributed by atoms with Gasteiger partial charge in [0.15, 0.2) is 0 Å². The van der Waals surface area contributed by atoms with Crippen LogP contribution in [0.15, 0.2) is 66.7 Å². The molecule has 1 atom stereocenters. The Bertz CT molecular complexity index is 1300. The van der Waals surface area contributed by atoms with Gasteiger partial charge in [-0.1, -0.05) is 48.5 Å². The highest BCUT2D eigenvalue weighted by molar-refractivity contribution is 8.02. The van der Waals surface area contributed by atoms with Crippen LogP contribution in [0.25, 0.3) is 0 Å². The molecule has 1 unspecified atom stereocenters. The maximum Gasteiger partial charge on any atom is 0.269 e. The molecule has 1 fully saturated rings. The van der Waals surface area contributed by atoms with Gasteiger partial charge in [-0.25, -0.2) is 0 Å². The number of nitrogens with zero attached hydrogens (tertiary/aromatic N) is 3. The summed E-state index contributed by atoms with van der Waals surface area (Å²) in [7, 11) is 0. The van der Waals surface area contributed by atoms with Crippen molar-refractivity contribution in [3.05, 3.63) is 94.5 Å². The second kappa shape index (κ2) is 8.00. The van der Waals surface area contributed by atoms with Crippen LogP contribution in [0, 0.1) is 13.8 Å². The number of hydrogen-bond acceptors (Lipinski definition) is 4. The summed E-state index contributed by atoms with van der Waals surface area (Å²) >= 11 is 1.45. The monoisotopic (exact) mass is 469 g/mol. The van der Waals surface area contributed by atoms with E-state index in [1.807, 2.05) is 55.1 Å². The summed E-state index contributed by atoms with van der Waals surface area (Å²) in [6.45, 7) is 6.30. The molecule has 1 spiro atoms. The first-order chi connectivity index (χ1) is 16.5. The molecule has 0 bridgehead atoms. The molecule has 3 aliphatic heterocycles. The van der Waals surface area contributed by atoms with E-state index in [0.29, 0.717) is 6.67 Å². The van der Waals surface area contributed by atoms with Crippen molar-refractivity contribution in [3.63, 3.8) is 0 Å². The van der Waals surface area contributed by atoms with Crippen LogP contribution in [0.3, 0.4) is 0 Å². The molecule has 3 aliphatic rings. The molecule has 0 aliphatic carbocycles. The van der Waals surface area contributed by atoms with Gasteiger partial charge < -0.3 is 0 Å². The molecule has 3 aromatic carbocycles. The first-order valence-corrected chi connectivity index (χ1v) is 12.7. The Kier molecular flexibility index (Phi) is 5.04. The Balaban J connectivity index is 1.40. The van der Waals surface area contributed by atoms with Crippen LogP contribution in [-0.4, -0.2) is 35.7 Å². The van der Waals surface area contributed by atoms with Gasteiger partial charge in [-0.15, -0.1) is 11.8 Å². The predicted octanol–water partition coefficient (Wildman–Crippen LogP) is 4.60. The number of thioether (sulfide) groups is 1. The molecule has 1 saturated heterocycles. The van der Waals surface area contributed by atoms with Crippen molar-refractivity contribution in [2.24, 2.45) is 0 Å². The van der Waals surface area contributed by atoms with Crippen molar-refractivity contribution in [1.29, 1.82) is 0 Å². The Morgan fingerprint density at radius 3 is 2.41 bits per heavy atom. The minimum atomic E-state index is -1.05. The van der Waals surface area contributed by atoms with Crippen molar-refractivity contribution in [2.75, 3.05) is 28.8 Å². The Morgan fingerprint density at radius 1 is 0.912 bits per heavy atom. The van der Waals surface area contributed by atoms with Gasteiger partial charge in [0, 0.05) is 24.3 Å². The lowest BCUT2D eigenvalue weighted by Gasteiger charge is -2.35. The molecule has 0 radical (unpaired) electrons. The summed E-state index contributed by atoms with van der Waals surface area (Å²) in [6.07, 6.45) is 0.979. The van der Waals surface area contributed by atoms with E-state index >= 15 is 0 Å². The quantitative estimate of drug-likeness (QED) is 0.563. The summed E-state index contributed by atoms with van der Waals surface area (Å²) < 4.78 is 0. The van der Waals surface area contributed by atoms with Crippen molar-refractivity contribution in [1.82, 2.24) is 4.90 Å². The van der Waals surface area contributed by atoms with Gasteiger partial charge in [-0.05, 0) is 60.7 Å². The van der Waals surface area contributed by atoms with Gasteiger partial charge in [0.1, 0.15) is 0 Å². The molecular formula is C28H27N3O2S. The zero-order valence-corrected chi connectivity index (χ0v) is 20.3. The minimum Gasteiger partial charge on any atom is -0.295 e. The zero-order chi connectivity index (χ0) is 23.4. The normalized spacial score (nSPS) is 21.9. The second-order valence-corrected chi connectivity index (χ2v) is 10.6. The zero-order valence-electron chi connectivity index (χ0n) is 19.5. The number of anilines is 2. The van der Waals surface area contributed by atoms with Gasteiger partial charge >= 0.3 is 0 Å². The number of benzene rings is 3. The number of fused-ring (bicyclic) bond motifs is 3. The summed E-state index contributed by atoms with van der Waals surface area (Å²) in [5.74, 6) is 0.243. The maximum absolute atomic E-state index is 14.3. The van der Waals surface area contributed by atoms with E-state index in [0.717, 1.165) is 47.6 Å². The fourth-order valence-corrected chi connectivity index (χ4v) is 7.01. The second-order valence-electron chi connectivity index (χ2n) is 9.47.